The maximum absolute atomic E-state index is 15.0. The third-order valence-electron chi connectivity index (χ3n) is 4.55. The van der Waals surface area contributed by atoms with E-state index < -0.39 is 23.6 Å². The zero-order chi connectivity index (χ0) is 22.3. The van der Waals surface area contributed by atoms with Gasteiger partial charge in [-0.1, -0.05) is 6.07 Å². The lowest BCUT2D eigenvalue weighted by Gasteiger charge is -2.22. The number of primary amides is 1. The molecule has 2 amide bonds. The molecule has 2 heterocycles. The highest BCUT2D eigenvalue weighted by Crippen LogP contribution is 2.39. The van der Waals surface area contributed by atoms with Gasteiger partial charge in [0, 0.05) is 16.5 Å². The van der Waals surface area contributed by atoms with E-state index >= 15 is 4.39 Å². The van der Waals surface area contributed by atoms with Gasteiger partial charge in [-0.25, -0.2) is 19.2 Å². The molecule has 0 fully saturated rings. The van der Waals surface area contributed by atoms with Crippen LogP contribution in [0, 0.1) is 5.82 Å². The Bertz CT molecular complexity index is 1300. The summed E-state index contributed by atoms with van der Waals surface area (Å²) in [5.74, 6) is -0.536. The van der Waals surface area contributed by atoms with Gasteiger partial charge in [0.2, 0.25) is 0 Å². The summed E-state index contributed by atoms with van der Waals surface area (Å²) in [5, 5.41) is 2.16. The summed E-state index contributed by atoms with van der Waals surface area (Å²) in [6, 6.07) is 6.76. The van der Waals surface area contributed by atoms with E-state index in [9.17, 15) is 18.0 Å². The summed E-state index contributed by atoms with van der Waals surface area (Å²) in [6.07, 6.45) is -3.31. The molecule has 0 aliphatic carbocycles. The molecule has 2 aromatic carbocycles. The summed E-state index contributed by atoms with van der Waals surface area (Å²) in [5.41, 5.74) is 10.8. The van der Waals surface area contributed by atoms with Gasteiger partial charge in [-0.15, -0.1) is 11.3 Å². The number of thiophene rings is 1. The lowest BCUT2D eigenvalue weighted by atomic mass is 10.0. The maximum Gasteiger partial charge on any atom is 0.416 e. The zero-order valence-corrected chi connectivity index (χ0v) is 16.3. The molecule has 0 saturated carbocycles. The van der Waals surface area contributed by atoms with Crippen molar-refractivity contribution in [2.45, 2.75) is 6.18 Å². The maximum atomic E-state index is 15.0. The number of benzene rings is 2. The molecular weight excluding hydrogens is 434 g/mol. The van der Waals surface area contributed by atoms with Crippen molar-refractivity contribution < 1.29 is 22.4 Å². The number of fused-ring (bicyclic) bond motifs is 1. The van der Waals surface area contributed by atoms with Gasteiger partial charge in [-0.2, -0.15) is 13.2 Å². The van der Waals surface area contributed by atoms with E-state index in [1.165, 1.54) is 35.9 Å². The Balaban J connectivity index is 1.79. The number of aromatic nitrogens is 2. The van der Waals surface area contributed by atoms with E-state index in [0.29, 0.717) is 15.8 Å². The minimum atomic E-state index is -4.61. The van der Waals surface area contributed by atoms with E-state index in [1.807, 2.05) is 0 Å². The fourth-order valence-electron chi connectivity index (χ4n) is 3.18. The van der Waals surface area contributed by atoms with E-state index in [2.05, 4.69) is 9.97 Å². The minimum Gasteiger partial charge on any atom is -0.383 e. The Kier molecular flexibility index (Phi) is 4.97. The molecule has 4 rings (SSSR count). The number of hydrogen-bond donors (Lipinski definition) is 2. The van der Waals surface area contributed by atoms with Crippen LogP contribution in [0.5, 0.6) is 0 Å². The van der Waals surface area contributed by atoms with Crippen molar-refractivity contribution in [2.24, 2.45) is 5.73 Å². The molecule has 0 bridgehead atoms. The molecule has 0 radical (unpaired) electrons. The van der Waals surface area contributed by atoms with Crippen LogP contribution in [-0.4, -0.2) is 16.0 Å². The van der Waals surface area contributed by atoms with Gasteiger partial charge in [-0.05, 0) is 36.4 Å². The summed E-state index contributed by atoms with van der Waals surface area (Å²) < 4.78 is 54.2. The first kappa shape index (κ1) is 20.5. The average Bonchev–Trinajstić information content (AvgIpc) is 3.13. The molecule has 0 saturated heterocycles. The van der Waals surface area contributed by atoms with E-state index in [1.54, 1.807) is 5.38 Å². The normalized spacial score (nSPS) is 11.6. The van der Waals surface area contributed by atoms with E-state index in [4.69, 9.17) is 11.5 Å². The molecule has 0 aliphatic heterocycles. The first-order valence-electron chi connectivity index (χ1n) is 8.71. The van der Waals surface area contributed by atoms with Crippen molar-refractivity contribution in [3.05, 3.63) is 65.6 Å². The van der Waals surface area contributed by atoms with Crippen molar-refractivity contribution in [1.82, 2.24) is 9.97 Å². The van der Waals surface area contributed by atoms with Crippen LogP contribution < -0.4 is 16.4 Å². The number of hydrogen-bond acceptors (Lipinski definition) is 5. The molecule has 0 spiro atoms. The number of rotatable bonds is 3. The molecule has 158 valence electrons. The Morgan fingerprint density at radius 3 is 2.45 bits per heavy atom. The second-order valence-electron chi connectivity index (χ2n) is 6.47. The van der Waals surface area contributed by atoms with Crippen molar-refractivity contribution in [1.29, 1.82) is 0 Å². The zero-order valence-electron chi connectivity index (χ0n) is 15.5. The van der Waals surface area contributed by atoms with Crippen LogP contribution in [0.15, 0.2) is 54.2 Å². The van der Waals surface area contributed by atoms with Crippen molar-refractivity contribution in [3.8, 4) is 11.1 Å². The van der Waals surface area contributed by atoms with Gasteiger partial charge >= 0.3 is 12.2 Å². The van der Waals surface area contributed by atoms with Gasteiger partial charge in [0.15, 0.2) is 0 Å². The first-order valence-corrected chi connectivity index (χ1v) is 9.59. The second kappa shape index (κ2) is 7.51. The van der Waals surface area contributed by atoms with Crippen LogP contribution in [0.4, 0.5) is 39.5 Å². The number of urea groups is 1. The molecule has 0 atom stereocenters. The molecule has 4 N–H and O–H groups in total. The van der Waals surface area contributed by atoms with Crippen LogP contribution >= 0.6 is 11.3 Å². The third kappa shape index (κ3) is 3.75. The third-order valence-corrected chi connectivity index (χ3v) is 5.44. The average molecular weight is 447 g/mol. The molecule has 11 heteroatoms. The largest absolute Gasteiger partial charge is 0.416 e. The Hall–Kier alpha value is -3.73. The Morgan fingerprint density at radius 1 is 1.03 bits per heavy atom. The highest BCUT2D eigenvalue weighted by molar-refractivity contribution is 7.17. The molecule has 4 aromatic rings. The second-order valence-corrected chi connectivity index (χ2v) is 7.33. The van der Waals surface area contributed by atoms with Gasteiger partial charge < -0.3 is 11.5 Å². The number of carbonyl (C=O) groups is 1. The molecule has 6 nitrogen and oxygen atoms in total. The lowest BCUT2D eigenvalue weighted by Crippen LogP contribution is -2.31. The number of amides is 2. The number of nitrogens with zero attached hydrogens (tertiary/aromatic N) is 3. The molecule has 0 unspecified atom stereocenters. The first-order chi connectivity index (χ1) is 14.7. The van der Waals surface area contributed by atoms with E-state index in [-0.39, 0.29) is 22.8 Å². The van der Waals surface area contributed by atoms with Crippen LogP contribution in [-0.2, 0) is 6.18 Å². The lowest BCUT2D eigenvalue weighted by molar-refractivity contribution is -0.137. The van der Waals surface area contributed by atoms with Crippen LogP contribution in [0.3, 0.4) is 0 Å². The number of nitrogen functional groups attached to an aromatic ring is 1. The molecule has 31 heavy (non-hydrogen) atoms. The number of alkyl halides is 3. The topological polar surface area (TPSA) is 98.1 Å². The quantitative estimate of drug-likeness (QED) is 0.416. The van der Waals surface area contributed by atoms with Crippen LogP contribution in [0.2, 0.25) is 0 Å². The van der Waals surface area contributed by atoms with Crippen molar-refractivity contribution >= 4 is 44.8 Å². The highest BCUT2D eigenvalue weighted by Gasteiger charge is 2.31. The monoisotopic (exact) mass is 447 g/mol. The number of halogens is 4. The number of carbonyl (C=O) groups excluding carboxylic acids is 1. The van der Waals surface area contributed by atoms with Crippen molar-refractivity contribution in [3.63, 3.8) is 0 Å². The van der Waals surface area contributed by atoms with Crippen molar-refractivity contribution in [2.75, 3.05) is 10.6 Å². The molecule has 0 aliphatic rings. The smallest absolute Gasteiger partial charge is 0.383 e. The summed E-state index contributed by atoms with van der Waals surface area (Å²) in [7, 11) is 0. The van der Waals surface area contributed by atoms with Gasteiger partial charge in [0.1, 0.15) is 22.8 Å². The number of nitrogens with two attached hydrogens (primary N) is 2. The summed E-state index contributed by atoms with van der Waals surface area (Å²) in [6.45, 7) is 0. The van der Waals surface area contributed by atoms with Gasteiger partial charge in [-0.3, -0.25) is 4.90 Å². The van der Waals surface area contributed by atoms with Gasteiger partial charge in [0.25, 0.3) is 0 Å². The molecule has 2 aromatic heterocycles. The van der Waals surface area contributed by atoms with Crippen LogP contribution in [0.25, 0.3) is 21.3 Å². The minimum absolute atomic E-state index is 0.0307. The fraction of sp³-hybridized carbons (Fsp3) is 0.0500. The molecular formula is C20H13F4N5OS. The Labute approximate surface area is 176 Å². The van der Waals surface area contributed by atoms with Crippen LogP contribution in [0.1, 0.15) is 5.56 Å². The highest BCUT2D eigenvalue weighted by atomic mass is 32.1. The standard InChI is InChI=1S/C20H13F4N5OS/c21-15-7-12(29(19(26)30)11-3-1-2-10(6-11)20(22,23)24)4-5-13(15)14-8-31-18-16(14)17(25)27-9-28-18/h1-9H,(H2,26,30)(H2,25,27,28). The van der Waals surface area contributed by atoms with Gasteiger partial charge in [0.05, 0.1) is 22.3 Å². The predicted molar refractivity (Wildman–Crippen MR) is 110 cm³/mol. The SMILES string of the molecule is NC(=O)N(c1cccc(C(F)(F)F)c1)c1ccc(-c2csc3ncnc(N)c23)c(F)c1. The summed E-state index contributed by atoms with van der Waals surface area (Å²) >= 11 is 1.26. The number of anilines is 3. The predicted octanol–water partition coefficient (Wildman–Crippen LogP) is 5.32. The fourth-order valence-corrected chi connectivity index (χ4v) is 4.10. The summed E-state index contributed by atoms with van der Waals surface area (Å²) in [4.78, 5) is 21.4. The Morgan fingerprint density at radius 2 is 1.77 bits per heavy atom. The van der Waals surface area contributed by atoms with E-state index in [0.717, 1.165) is 29.2 Å².